The number of rotatable bonds is 8. The molecular formula is C25H25N3O2S2. The van der Waals surface area contributed by atoms with Crippen molar-refractivity contribution in [3.8, 4) is 16.9 Å². The fraction of sp³-hybridized carbons (Fsp3) is 0.200. The van der Waals surface area contributed by atoms with Gasteiger partial charge in [-0.15, -0.1) is 0 Å². The van der Waals surface area contributed by atoms with Crippen LogP contribution in [-0.4, -0.2) is 28.9 Å². The number of nitrogens with zero attached hydrogens (tertiary/aromatic N) is 2. The van der Waals surface area contributed by atoms with Gasteiger partial charge in [0.25, 0.3) is 5.91 Å². The highest BCUT2D eigenvalue weighted by atomic mass is 32.1. The van der Waals surface area contributed by atoms with Crippen molar-refractivity contribution >= 4 is 45.4 Å². The summed E-state index contributed by atoms with van der Waals surface area (Å²) >= 11 is 5.91. The smallest absolute Gasteiger partial charge is 0.257 e. The maximum absolute atomic E-state index is 12.8. The Labute approximate surface area is 197 Å². The second kappa shape index (κ2) is 10.2. The average molecular weight is 464 g/mol. The third kappa shape index (κ3) is 4.96. The summed E-state index contributed by atoms with van der Waals surface area (Å²) in [5, 5.41) is 3.49. The first-order valence-electron chi connectivity index (χ1n) is 10.5. The van der Waals surface area contributed by atoms with Gasteiger partial charge in [-0.05, 0) is 41.8 Å². The highest BCUT2D eigenvalue weighted by Crippen LogP contribution is 2.39. The molecule has 1 N–H and O–H groups in total. The van der Waals surface area contributed by atoms with Gasteiger partial charge in [0.15, 0.2) is 5.13 Å². The Balaban J connectivity index is 1.57. The lowest BCUT2D eigenvalue weighted by molar-refractivity contribution is 0.102. The Morgan fingerprint density at radius 3 is 2.53 bits per heavy atom. The zero-order chi connectivity index (χ0) is 22.5. The van der Waals surface area contributed by atoms with Crippen LogP contribution in [0.5, 0.6) is 5.75 Å². The van der Waals surface area contributed by atoms with Crippen LogP contribution in [0.1, 0.15) is 29.3 Å². The fourth-order valence-electron chi connectivity index (χ4n) is 3.53. The molecule has 0 saturated carbocycles. The second-order valence-electron chi connectivity index (χ2n) is 7.42. The number of benzene rings is 3. The summed E-state index contributed by atoms with van der Waals surface area (Å²) < 4.78 is 8.45. The normalized spacial score (nSPS) is 11.1. The summed E-state index contributed by atoms with van der Waals surface area (Å²) in [5.41, 5.74) is 4.60. The number of ether oxygens (including phenoxy) is 1. The van der Waals surface area contributed by atoms with Crippen LogP contribution in [0.2, 0.25) is 0 Å². The van der Waals surface area contributed by atoms with Crippen molar-refractivity contribution in [1.82, 2.24) is 9.29 Å². The first-order valence-corrected chi connectivity index (χ1v) is 11.7. The fourth-order valence-corrected chi connectivity index (χ4v) is 4.90. The van der Waals surface area contributed by atoms with E-state index in [0.717, 1.165) is 46.4 Å². The number of amides is 1. The van der Waals surface area contributed by atoms with E-state index in [1.54, 1.807) is 7.11 Å². The van der Waals surface area contributed by atoms with Gasteiger partial charge in [0.2, 0.25) is 0 Å². The van der Waals surface area contributed by atoms with E-state index < -0.39 is 0 Å². The van der Waals surface area contributed by atoms with Crippen LogP contribution in [0, 0.1) is 0 Å². The molecule has 1 heterocycles. The lowest BCUT2D eigenvalue weighted by Crippen LogP contribution is -2.14. The van der Waals surface area contributed by atoms with Crippen LogP contribution < -0.4 is 10.1 Å². The topological polar surface area (TPSA) is 54.5 Å². The van der Waals surface area contributed by atoms with E-state index in [2.05, 4.69) is 42.2 Å². The van der Waals surface area contributed by atoms with Crippen molar-refractivity contribution in [1.29, 1.82) is 0 Å². The van der Waals surface area contributed by atoms with E-state index in [-0.39, 0.29) is 5.91 Å². The average Bonchev–Trinajstić information content (AvgIpc) is 3.23. The second-order valence-corrected chi connectivity index (χ2v) is 8.98. The summed E-state index contributed by atoms with van der Waals surface area (Å²) in [5.74, 6) is 0.497. The standard InChI is InChI=1S/C25H25N3O2S2/c1-3-15-28(31)16-17-9-11-19(12-10-17)24(29)27-25-26-22-21(30-2)14-13-20(23(22)32-25)18-7-5-4-6-8-18/h4-14,31H,3,15-16H2,1-2H3,(H,26,27,29). The Hall–Kier alpha value is -2.87. The third-order valence-electron chi connectivity index (χ3n) is 5.09. The number of carbonyl (C=O) groups excluding carboxylic acids is 1. The summed E-state index contributed by atoms with van der Waals surface area (Å²) in [6, 6.07) is 21.7. The van der Waals surface area contributed by atoms with Crippen LogP contribution in [-0.2, 0) is 6.54 Å². The summed E-state index contributed by atoms with van der Waals surface area (Å²) in [6.07, 6.45) is 1.04. The molecule has 0 fully saturated rings. The van der Waals surface area contributed by atoms with E-state index in [9.17, 15) is 4.79 Å². The van der Waals surface area contributed by atoms with Gasteiger partial charge in [-0.2, -0.15) is 0 Å². The molecule has 7 heteroatoms. The number of thiazole rings is 1. The predicted octanol–water partition coefficient (Wildman–Crippen LogP) is 6.28. The minimum atomic E-state index is -0.188. The molecule has 5 nitrogen and oxygen atoms in total. The Kier molecular flexibility index (Phi) is 7.09. The van der Waals surface area contributed by atoms with Crippen LogP contribution in [0.15, 0.2) is 66.7 Å². The largest absolute Gasteiger partial charge is 0.494 e. The van der Waals surface area contributed by atoms with Crippen LogP contribution in [0.4, 0.5) is 5.13 Å². The molecule has 4 aromatic rings. The number of anilines is 1. The molecule has 0 radical (unpaired) electrons. The molecule has 0 unspecified atom stereocenters. The van der Waals surface area contributed by atoms with Crippen molar-refractivity contribution in [3.05, 3.63) is 77.9 Å². The number of nitrogens with one attached hydrogen (secondary N) is 1. The Morgan fingerprint density at radius 2 is 1.84 bits per heavy atom. The molecule has 0 bridgehead atoms. The number of carbonyl (C=O) groups is 1. The maximum Gasteiger partial charge on any atom is 0.257 e. The highest BCUT2D eigenvalue weighted by molar-refractivity contribution is 7.77. The maximum atomic E-state index is 12.8. The number of hydrogen-bond donors (Lipinski definition) is 2. The van der Waals surface area contributed by atoms with E-state index in [1.807, 2.05) is 58.9 Å². The quantitative estimate of drug-likeness (QED) is 0.302. The Bertz CT molecular complexity index is 1210. The molecular weight excluding hydrogens is 438 g/mol. The van der Waals surface area contributed by atoms with Gasteiger partial charge >= 0.3 is 0 Å². The lowest BCUT2D eigenvalue weighted by Gasteiger charge is -2.14. The van der Waals surface area contributed by atoms with E-state index in [0.29, 0.717) is 16.4 Å². The van der Waals surface area contributed by atoms with Gasteiger partial charge < -0.3 is 4.74 Å². The van der Waals surface area contributed by atoms with Gasteiger partial charge in [0.05, 0.1) is 11.8 Å². The minimum Gasteiger partial charge on any atom is -0.494 e. The van der Waals surface area contributed by atoms with Gasteiger partial charge in [0, 0.05) is 24.2 Å². The first kappa shape index (κ1) is 22.3. The first-order chi connectivity index (χ1) is 15.6. The van der Waals surface area contributed by atoms with Gasteiger partial charge in [-0.25, -0.2) is 9.29 Å². The van der Waals surface area contributed by atoms with Crippen LogP contribution >= 0.6 is 24.2 Å². The molecule has 0 saturated heterocycles. The summed E-state index contributed by atoms with van der Waals surface area (Å²) in [4.78, 5) is 17.5. The molecule has 0 aliphatic rings. The number of hydrogen-bond acceptors (Lipinski definition) is 6. The summed E-state index contributed by atoms with van der Waals surface area (Å²) in [7, 11) is 1.63. The molecule has 0 spiro atoms. The highest BCUT2D eigenvalue weighted by Gasteiger charge is 2.16. The molecule has 164 valence electrons. The Morgan fingerprint density at radius 1 is 1.09 bits per heavy atom. The predicted molar refractivity (Wildman–Crippen MR) is 136 cm³/mol. The SMILES string of the molecule is CCCN(S)Cc1ccc(C(=O)Nc2nc3c(OC)ccc(-c4ccccc4)c3s2)cc1. The minimum absolute atomic E-state index is 0.188. The summed E-state index contributed by atoms with van der Waals surface area (Å²) in [6.45, 7) is 3.77. The van der Waals surface area contributed by atoms with E-state index in [4.69, 9.17) is 4.74 Å². The molecule has 0 aliphatic heterocycles. The van der Waals surface area contributed by atoms with E-state index >= 15 is 0 Å². The van der Waals surface area contributed by atoms with Crippen molar-refractivity contribution in [2.24, 2.45) is 0 Å². The van der Waals surface area contributed by atoms with Crippen LogP contribution in [0.3, 0.4) is 0 Å². The number of thiol groups is 1. The van der Waals surface area contributed by atoms with Crippen molar-refractivity contribution in [2.45, 2.75) is 19.9 Å². The molecule has 0 atom stereocenters. The molecule has 1 aromatic heterocycles. The van der Waals surface area contributed by atoms with Gasteiger partial charge in [-0.1, -0.05) is 73.5 Å². The lowest BCUT2D eigenvalue weighted by atomic mass is 10.1. The number of aromatic nitrogens is 1. The monoisotopic (exact) mass is 463 g/mol. The van der Waals surface area contributed by atoms with Crippen molar-refractivity contribution < 1.29 is 9.53 Å². The molecule has 0 aliphatic carbocycles. The van der Waals surface area contributed by atoms with Crippen molar-refractivity contribution in [2.75, 3.05) is 19.0 Å². The number of methoxy groups -OCH3 is 1. The molecule has 32 heavy (non-hydrogen) atoms. The third-order valence-corrected chi connectivity index (χ3v) is 6.44. The molecule has 3 aromatic carbocycles. The zero-order valence-electron chi connectivity index (χ0n) is 18.0. The molecule has 1 amide bonds. The zero-order valence-corrected chi connectivity index (χ0v) is 19.7. The van der Waals surface area contributed by atoms with Gasteiger partial charge in [0.1, 0.15) is 11.3 Å². The van der Waals surface area contributed by atoms with Crippen LogP contribution in [0.25, 0.3) is 21.3 Å². The van der Waals surface area contributed by atoms with Gasteiger partial charge in [-0.3, -0.25) is 10.1 Å². The van der Waals surface area contributed by atoms with Crippen molar-refractivity contribution in [3.63, 3.8) is 0 Å². The number of fused-ring (bicyclic) bond motifs is 1. The molecule has 4 rings (SSSR count). The van der Waals surface area contributed by atoms with E-state index in [1.165, 1.54) is 11.3 Å².